The summed E-state index contributed by atoms with van der Waals surface area (Å²) in [6, 6.07) is 10.3. The summed E-state index contributed by atoms with van der Waals surface area (Å²) in [5, 5.41) is 10.7. The molecule has 0 aliphatic heterocycles. The molecule has 1 aliphatic carbocycles. The van der Waals surface area contributed by atoms with Gasteiger partial charge in [0.25, 0.3) is 0 Å². The molecular weight excluding hydrogens is 246 g/mol. The van der Waals surface area contributed by atoms with E-state index < -0.39 is 0 Å². The lowest BCUT2D eigenvalue weighted by Gasteiger charge is -2.43. The third-order valence-corrected chi connectivity index (χ3v) is 5.18. The molecule has 3 N–H and O–H groups in total. The van der Waals surface area contributed by atoms with Crippen LogP contribution in [0, 0.1) is 11.3 Å². The minimum atomic E-state index is -0.308. The molecule has 1 aromatic rings. The zero-order valence-corrected chi connectivity index (χ0v) is 12.7. The molecule has 112 valence electrons. The standard InChI is InChI=1S/C18H29NO/c1-2-6-15-9-11-18(14-19,12-10-15)17(20)13-16-7-4-3-5-8-16/h3-5,7-8,15,17,20H,2,6,9-14,19H2,1H3. The summed E-state index contributed by atoms with van der Waals surface area (Å²) in [5.41, 5.74) is 7.21. The predicted octanol–water partition coefficient (Wildman–Crippen LogP) is 3.53. The zero-order chi connectivity index (χ0) is 14.4. The van der Waals surface area contributed by atoms with E-state index in [9.17, 15) is 5.11 Å². The van der Waals surface area contributed by atoms with Crippen molar-refractivity contribution >= 4 is 0 Å². The highest BCUT2D eigenvalue weighted by molar-refractivity contribution is 5.16. The maximum atomic E-state index is 10.7. The lowest BCUT2D eigenvalue weighted by atomic mass is 9.65. The Morgan fingerprint density at radius 3 is 2.45 bits per heavy atom. The van der Waals surface area contributed by atoms with Crippen LogP contribution in [0.4, 0.5) is 0 Å². The normalized spacial score (nSPS) is 28.2. The van der Waals surface area contributed by atoms with E-state index in [4.69, 9.17) is 5.73 Å². The maximum absolute atomic E-state index is 10.7. The number of hydrogen-bond donors (Lipinski definition) is 2. The van der Waals surface area contributed by atoms with Crippen molar-refractivity contribution in [2.24, 2.45) is 17.1 Å². The van der Waals surface area contributed by atoms with Gasteiger partial charge in [-0.25, -0.2) is 0 Å². The molecule has 2 rings (SSSR count). The monoisotopic (exact) mass is 275 g/mol. The Bertz CT molecular complexity index is 382. The van der Waals surface area contributed by atoms with Gasteiger partial charge in [0.05, 0.1) is 6.10 Å². The van der Waals surface area contributed by atoms with Gasteiger partial charge in [0.15, 0.2) is 0 Å². The summed E-state index contributed by atoms with van der Waals surface area (Å²) in [6.45, 7) is 2.87. The molecule has 0 aromatic heterocycles. The van der Waals surface area contributed by atoms with Crippen LogP contribution < -0.4 is 5.73 Å². The van der Waals surface area contributed by atoms with Crippen LogP contribution >= 0.6 is 0 Å². The largest absolute Gasteiger partial charge is 0.392 e. The summed E-state index contributed by atoms with van der Waals surface area (Å²) < 4.78 is 0. The van der Waals surface area contributed by atoms with E-state index >= 15 is 0 Å². The van der Waals surface area contributed by atoms with Gasteiger partial charge < -0.3 is 10.8 Å². The quantitative estimate of drug-likeness (QED) is 0.834. The molecule has 0 bridgehead atoms. The summed E-state index contributed by atoms with van der Waals surface area (Å²) in [4.78, 5) is 0. The summed E-state index contributed by atoms with van der Waals surface area (Å²) in [7, 11) is 0. The second-order valence-electron chi connectivity index (χ2n) is 6.50. The SMILES string of the molecule is CCCC1CCC(CN)(C(O)Cc2ccccc2)CC1. The first-order chi connectivity index (χ1) is 9.70. The molecule has 0 spiro atoms. The van der Waals surface area contributed by atoms with E-state index in [1.165, 1.54) is 31.2 Å². The van der Waals surface area contributed by atoms with Crippen LogP contribution in [0.5, 0.6) is 0 Å². The first kappa shape index (κ1) is 15.5. The minimum Gasteiger partial charge on any atom is -0.392 e. The Kier molecular flexibility index (Phi) is 5.62. The molecule has 2 heteroatoms. The van der Waals surface area contributed by atoms with Crippen molar-refractivity contribution < 1.29 is 5.11 Å². The molecule has 1 saturated carbocycles. The Morgan fingerprint density at radius 1 is 1.25 bits per heavy atom. The number of hydrogen-bond acceptors (Lipinski definition) is 2. The average Bonchev–Trinajstić information content (AvgIpc) is 2.49. The van der Waals surface area contributed by atoms with E-state index in [1.807, 2.05) is 18.2 Å². The van der Waals surface area contributed by atoms with Gasteiger partial charge >= 0.3 is 0 Å². The van der Waals surface area contributed by atoms with Crippen LogP contribution in [0.3, 0.4) is 0 Å². The van der Waals surface area contributed by atoms with Gasteiger partial charge in [0.1, 0.15) is 0 Å². The smallest absolute Gasteiger partial charge is 0.0648 e. The fraction of sp³-hybridized carbons (Fsp3) is 0.667. The molecule has 1 aliphatic rings. The highest BCUT2D eigenvalue weighted by Crippen LogP contribution is 2.43. The van der Waals surface area contributed by atoms with E-state index in [0.717, 1.165) is 25.2 Å². The molecule has 1 unspecified atom stereocenters. The van der Waals surface area contributed by atoms with Gasteiger partial charge in [-0.2, -0.15) is 0 Å². The number of nitrogens with two attached hydrogens (primary N) is 1. The average molecular weight is 275 g/mol. The van der Waals surface area contributed by atoms with Crippen molar-refractivity contribution in [3.8, 4) is 0 Å². The topological polar surface area (TPSA) is 46.2 Å². The van der Waals surface area contributed by atoms with Crippen molar-refractivity contribution in [1.29, 1.82) is 0 Å². The van der Waals surface area contributed by atoms with E-state index in [1.54, 1.807) is 0 Å². The van der Waals surface area contributed by atoms with Crippen LogP contribution in [0.2, 0.25) is 0 Å². The third-order valence-electron chi connectivity index (χ3n) is 5.18. The summed E-state index contributed by atoms with van der Waals surface area (Å²) in [5.74, 6) is 0.851. The van der Waals surface area contributed by atoms with Crippen LogP contribution in [0.1, 0.15) is 51.0 Å². The Hall–Kier alpha value is -0.860. The van der Waals surface area contributed by atoms with Crippen LogP contribution in [-0.2, 0) is 6.42 Å². The molecule has 0 saturated heterocycles. The van der Waals surface area contributed by atoms with Crippen LogP contribution in [-0.4, -0.2) is 17.8 Å². The Morgan fingerprint density at radius 2 is 1.90 bits per heavy atom. The molecule has 0 amide bonds. The lowest BCUT2D eigenvalue weighted by Crippen LogP contribution is -2.45. The number of aliphatic hydroxyl groups is 1. The van der Waals surface area contributed by atoms with Gasteiger partial charge in [-0.15, -0.1) is 0 Å². The first-order valence-electron chi connectivity index (χ1n) is 8.12. The summed E-state index contributed by atoms with van der Waals surface area (Å²) >= 11 is 0. The lowest BCUT2D eigenvalue weighted by molar-refractivity contribution is -0.00836. The van der Waals surface area contributed by atoms with Gasteiger partial charge in [-0.1, -0.05) is 50.1 Å². The molecule has 20 heavy (non-hydrogen) atoms. The fourth-order valence-electron chi connectivity index (χ4n) is 3.68. The second-order valence-corrected chi connectivity index (χ2v) is 6.50. The van der Waals surface area contributed by atoms with Gasteiger partial charge in [-0.05, 0) is 43.6 Å². The molecule has 0 radical (unpaired) electrons. The van der Waals surface area contributed by atoms with Gasteiger partial charge in [0, 0.05) is 12.0 Å². The van der Waals surface area contributed by atoms with Crippen molar-refractivity contribution in [3.63, 3.8) is 0 Å². The van der Waals surface area contributed by atoms with Crippen molar-refractivity contribution in [3.05, 3.63) is 35.9 Å². The highest BCUT2D eigenvalue weighted by Gasteiger charge is 2.39. The van der Waals surface area contributed by atoms with E-state index in [0.29, 0.717) is 6.54 Å². The zero-order valence-electron chi connectivity index (χ0n) is 12.7. The molecular formula is C18H29NO. The first-order valence-corrected chi connectivity index (χ1v) is 8.12. The van der Waals surface area contributed by atoms with Crippen molar-refractivity contribution in [2.45, 2.75) is 58.0 Å². The van der Waals surface area contributed by atoms with Gasteiger partial charge in [-0.3, -0.25) is 0 Å². The maximum Gasteiger partial charge on any atom is 0.0648 e. The van der Waals surface area contributed by atoms with Crippen molar-refractivity contribution in [1.82, 2.24) is 0 Å². The van der Waals surface area contributed by atoms with Crippen molar-refractivity contribution in [2.75, 3.05) is 6.54 Å². The molecule has 1 atom stereocenters. The Labute approximate surface area is 123 Å². The minimum absolute atomic E-state index is 0.0555. The highest BCUT2D eigenvalue weighted by atomic mass is 16.3. The number of rotatable bonds is 6. The molecule has 1 fully saturated rings. The second kappa shape index (κ2) is 7.24. The summed E-state index contributed by atoms with van der Waals surface area (Å²) in [6.07, 6.45) is 7.66. The third kappa shape index (κ3) is 3.62. The number of aliphatic hydroxyl groups excluding tert-OH is 1. The molecule has 1 aromatic carbocycles. The fourth-order valence-corrected chi connectivity index (χ4v) is 3.68. The van der Waals surface area contributed by atoms with Gasteiger partial charge in [0.2, 0.25) is 0 Å². The van der Waals surface area contributed by atoms with Crippen LogP contribution in [0.25, 0.3) is 0 Å². The Balaban J connectivity index is 1.97. The molecule has 2 nitrogen and oxygen atoms in total. The number of benzene rings is 1. The van der Waals surface area contributed by atoms with E-state index in [2.05, 4.69) is 19.1 Å². The van der Waals surface area contributed by atoms with E-state index in [-0.39, 0.29) is 11.5 Å². The van der Waals surface area contributed by atoms with Crippen LogP contribution in [0.15, 0.2) is 30.3 Å². The predicted molar refractivity (Wildman–Crippen MR) is 84.5 cm³/mol. The molecule has 0 heterocycles.